The first-order valence-corrected chi connectivity index (χ1v) is 6.49. The van der Waals surface area contributed by atoms with Crippen LogP contribution in [0.3, 0.4) is 0 Å². The molecule has 8 heteroatoms. The second-order valence-corrected chi connectivity index (χ2v) is 4.66. The summed E-state index contributed by atoms with van der Waals surface area (Å²) in [4.78, 5) is 16.9. The van der Waals surface area contributed by atoms with Crippen molar-refractivity contribution >= 4 is 17.0 Å². The average Bonchev–Trinajstić information content (AvgIpc) is 2.90. The Balaban J connectivity index is 2.12. The van der Waals surface area contributed by atoms with Crippen LogP contribution in [0.15, 0.2) is 30.6 Å². The Labute approximate surface area is 121 Å². The van der Waals surface area contributed by atoms with Crippen molar-refractivity contribution in [3.05, 3.63) is 30.6 Å². The molecule has 3 aromatic rings. The Bertz CT molecular complexity index is 768. The molecule has 0 atom stereocenters. The van der Waals surface area contributed by atoms with Gasteiger partial charge in [-0.3, -0.25) is 9.99 Å². The van der Waals surface area contributed by atoms with E-state index in [2.05, 4.69) is 25.4 Å². The highest BCUT2D eigenvalue weighted by molar-refractivity contribution is 5.76. The number of rotatable bonds is 4. The third-order valence-corrected chi connectivity index (χ3v) is 2.74. The van der Waals surface area contributed by atoms with E-state index >= 15 is 0 Å². The monoisotopic (exact) mass is 285 g/mol. The van der Waals surface area contributed by atoms with E-state index in [-0.39, 0.29) is 18.1 Å². The zero-order chi connectivity index (χ0) is 14.8. The Kier molecular flexibility index (Phi) is 3.36. The number of ether oxygens (including phenoxy) is 1. The number of nitrogens with one attached hydrogen (secondary N) is 1. The molecular weight excluding hydrogens is 270 g/mol. The molecule has 0 unspecified atom stereocenters. The Morgan fingerprint density at radius 1 is 1.19 bits per heavy atom. The SMILES string of the molecule is CC(C)Oc1nc(NN)nc(-n2cnc3ccccc32)n1. The fourth-order valence-corrected chi connectivity index (χ4v) is 1.90. The van der Waals surface area contributed by atoms with Crippen LogP contribution >= 0.6 is 0 Å². The van der Waals surface area contributed by atoms with Crippen LogP contribution in [0.25, 0.3) is 17.0 Å². The summed E-state index contributed by atoms with van der Waals surface area (Å²) in [5.74, 6) is 6.02. The number of imidazole rings is 1. The van der Waals surface area contributed by atoms with Crippen molar-refractivity contribution < 1.29 is 4.74 Å². The first-order chi connectivity index (χ1) is 10.2. The quantitative estimate of drug-likeness (QED) is 0.549. The summed E-state index contributed by atoms with van der Waals surface area (Å²) < 4.78 is 7.27. The van der Waals surface area contributed by atoms with Gasteiger partial charge in [-0.25, -0.2) is 10.8 Å². The van der Waals surface area contributed by atoms with Crippen molar-refractivity contribution in [3.8, 4) is 12.0 Å². The highest BCUT2D eigenvalue weighted by Crippen LogP contribution is 2.18. The maximum absolute atomic E-state index is 5.52. The molecule has 2 aromatic heterocycles. The van der Waals surface area contributed by atoms with Gasteiger partial charge >= 0.3 is 6.01 Å². The zero-order valence-electron chi connectivity index (χ0n) is 11.7. The fraction of sp³-hybridized carbons (Fsp3) is 0.231. The molecule has 0 bridgehead atoms. The molecule has 3 N–H and O–H groups in total. The molecule has 0 aliphatic carbocycles. The topological polar surface area (TPSA) is 104 Å². The van der Waals surface area contributed by atoms with Crippen molar-refractivity contribution in [1.82, 2.24) is 24.5 Å². The molecule has 8 nitrogen and oxygen atoms in total. The molecule has 0 fully saturated rings. The lowest BCUT2D eigenvalue weighted by atomic mass is 10.3. The summed E-state index contributed by atoms with van der Waals surface area (Å²) in [5.41, 5.74) is 4.16. The maximum Gasteiger partial charge on any atom is 0.323 e. The molecule has 0 aliphatic heterocycles. The van der Waals surface area contributed by atoms with Gasteiger partial charge < -0.3 is 4.74 Å². The van der Waals surface area contributed by atoms with Gasteiger partial charge in [-0.05, 0) is 26.0 Å². The molecule has 0 spiro atoms. The first kappa shape index (κ1) is 13.3. The van der Waals surface area contributed by atoms with Gasteiger partial charge in [0.15, 0.2) is 0 Å². The van der Waals surface area contributed by atoms with Crippen LogP contribution in [0.5, 0.6) is 6.01 Å². The minimum absolute atomic E-state index is 0.0506. The van der Waals surface area contributed by atoms with Crippen molar-refractivity contribution in [1.29, 1.82) is 0 Å². The van der Waals surface area contributed by atoms with Crippen molar-refractivity contribution in [3.63, 3.8) is 0 Å². The van der Waals surface area contributed by atoms with Crippen LogP contribution in [0.1, 0.15) is 13.8 Å². The van der Waals surface area contributed by atoms with E-state index in [9.17, 15) is 0 Å². The van der Waals surface area contributed by atoms with E-state index in [4.69, 9.17) is 10.6 Å². The summed E-state index contributed by atoms with van der Waals surface area (Å²) in [6.07, 6.45) is 1.60. The summed E-state index contributed by atoms with van der Waals surface area (Å²) in [7, 11) is 0. The van der Waals surface area contributed by atoms with Crippen molar-refractivity contribution in [2.24, 2.45) is 5.84 Å². The number of nitrogen functional groups attached to an aromatic ring is 1. The van der Waals surface area contributed by atoms with Crippen LogP contribution < -0.4 is 16.0 Å². The Morgan fingerprint density at radius 2 is 2.00 bits per heavy atom. The largest absolute Gasteiger partial charge is 0.461 e. The van der Waals surface area contributed by atoms with Crippen LogP contribution in [0.4, 0.5) is 5.95 Å². The van der Waals surface area contributed by atoms with E-state index in [1.54, 1.807) is 10.9 Å². The molecule has 0 saturated heterocycles. The number of para-hydroxylation sites is 2. The van der Waals surface area contributed by atoms with Crippen molar-refractivity contribution in [2.45, 2.75) is 20.0 Å². The molecule has 0 aliphatic rings. The van der Waals surface area contributed by atoms with Gasteiger partial charge in [-0.1, -0.05) is 12.1 Å². The van der Waals surface area contributed by atoms with Crippen LogP contribution in [-0.2, 0) is 0 Å². The minimum atomic E-state index is -0.0506. The number of nitrogens with zero attached hydrogens (tertiary/aromatic N) is 5. The third-order valence-electron chi connectivity index (χ3n) is 2.74. The van der Waals surface area contributed by atoms with Crippen LogP contribution in [0.2, 0.25) is 0 Å². The van der Waals surface area contributed by atoms with Gasteiger partial charge in [0.05, 0.1) is 17.1 Å². The lowest BCUT2D eigenvalue weighted by Crippen LogP contribution is -2.16. The standard InChI is InChI=1S/C13H15N7O/c1-8(2)21-13-17-11(19-14)16-12(18-13)20-7-15-9-5-3-4-6-10(9)20/h3-8H,14H2,1-2H3,(H,16,17,18,19). The van der Waals surface area contributed by atoms with E-state index in [0.717, 1.165) is 11.0 Å². The Hall–Kier alpha value is -2.74. The van der Waals surface area contributed by atoms with E-state index in [1.807, 2.05) is 38.1 Å². The molecule has 0 radical (unpaired) electrons. The molecule has 0 saturated carbocycles. The predicted molar refractivity (Wildman–Crippen MR) is 78.0 cm³/mol. The van der Waals surface area contributed by atoms with Gasteiger partial charge in [0.25, 0.3) is 0 Å². The smallest absolute Gasteiger partial charge is 0.323 e. The number of anilines is 1. The molecular formula is C13H15N7O. The highest BCUT2D eigenvalue weighted by atomic mass is 16.5. The molecule has 108 valence electrons. The van der Waals surface area contributed by atoms with Crippen LogP contribution in [0, 0.1) is 0 Å². The number of aromatic nitrogens is 5. The maximum atomic E-state index is 5.52. The molecule has 3 rings (SSSR count). The van der Waals surface area contributed by atoms with Crippen molar-refractivity contribution in [2.75, 3.05) is 5.43 Å². The number of hydrogen-bond acceptors (Lipinski definition) is 7. The predicted octanol–water partition coefficient (Wildman–Crippen LogP) is 1.28. The number of nitrogens with two attached hydrogens (primary N) is 1. The molecule has 0 amide bonds. The van der Waals surface area contributed by atoms with Gasteiger partial charge in [0.1, 0.15) is 6.33 Å². The highest BCUT2D eigenvalue weighted by Gasteiger charge is 2.12. The molecule has 2 heterocycles. The number of fused-ring (bicyclic) bond motifs is 1. The van der Waals surface area contributed by atoms with Gasteiger partial charge in [0.2, 0.25) is 11.9 Å². The third kappa shape index (κ3) is 2.61. The second kappa shape index (κ2) is 5.33. The fourth-order valence-electron chi connectivity index (χ4n) is 1.90. The lowest BCUT2D eigenvalue weighted by molar-refractivity contribution is 0.221. The minimum Gasteiger partial charge on any atom is -0.461 e. The van der Waals surface area contributed by atoms with Gasteiger partial charge in [-0.2, -0.15) is 15.0 Å². The van der Waals surface area contributed by atoms with Crippen LogP contribution in [-0.4, -0.2) is 30.6 Å². The summed E-state index contributed by atoms with van der Waals surface area (Å²) >= 11 is 0. The van der Waals surface area contributed by atoms with E-state index in [0.29, 0.717) is 5.95 Å². The lowest BCUT2D eigenvalue weighted by Gasteiger charge is -2.10. The first-order valence-electron chi connectivity index (χ1n) is 6.49. The average molecular weight is 285 g/mol. The van der Waals surface area contributed by atoms with E-state index < -0.39 is 0 Å². The molecule has 21 heavy (non-hydrogen) atoms. The summed E-state index contributed by atoms with van der Waals surface area (Å²) in [5, 5.41) is 0. The normalized spacial score (nSPS) is 11.0. The second-order valence-electron chi connectivity index (χ2n) is 4.66. The van der Waals surface area contributed by atoms with E-state index in [1.165, 1.54) is 0 Å². The Morgan fingerprint density at radius 3 is 2.76 bits per heavy atom. The number of hydrazine groups is 1. The number of benzene rings is 1. The zero-order valence-corrected chi connectivity index (χ0v) is 11.7. The molecule has 1 aromatic carbocycles. The van der Waals surface area contributed by atoms with Gasteiger partial charge in [0, 0.05) is 0 Å². The number of hydrogen-bond donors (Lipinski definition) is 2. The van der Waals surface area contributed by atoms with Gasteiger partial charge in [-0.15, -0.1) is 0 Å². The summed E-state index contributed by atoms with van der Waals surface area (Å²) in [6, 6.07) is 7.91. The summed E-state index contributed by atoms with van der Waals surface area (Å²) in [6.45, 7) is 3.79.